The van der Waals surface area contributed by atoms with Gasteiger partial charge in [0.2, 0.25) is 0 Å². The predicted molar refractivity (Wildman–Crippen MR) is 68.9 cm³/mol. The Kier molecular flexibility index (Phi) is 3.63. The second-order valence-electron chi connectivity index (χ2n) is 3.55. The molecule has 18 heavy (non-hydrogen) atoms. The van der Waals surface area contributed by atoms with Crippen molar-refractivity contribution in [2.45, 2.75) is 13.3 Å². The summed E-state index contributed by atoms with van der Waals surface area (Å²) in [5, 5.41) is 9.56. The van der Waals surface area contributed by atoms with Gasteiger partial charge in [0.1, 0.15) is 15.7 Å². The van der Waals surface area contributed by atoms with Gasteiger partial charge in [0.05, 0.1) is 16.3 Å². The first-order chi connectivity index (χ1) is 8.54. The molecule has 2 aromatic rings. The summed E-state index contributed by atoms with van der Waals surface area (Å²) in [6, 6.07) is 4.32. The molecule has 0 saturated carbocycles. The second kappa shape index (κ2) is 5.04. The SMILES string of the molecule is CCc1nc(-c2c(F)cccc2Cl)sc1C(=O)O. The van der Waals surface area contributed by atoms with Crippen LogP contribution in [-0.2, 0) is 6.42 Å². The average molecular weight is 286 g/mol. The summed E-state index contributed by atoms with van der Waals surface area (Å²) in [5.74, 6) is -1.56. The molecule has 0 aliphatic rings. The first-order valence-corrected chi connectivity index (χ1v) is 6.41. The van der Waals surface area contributed by atoms with Crippen molar-refractivity contribution in [2.24, 2.45) is 0 Å². The maximum atomic E-state index is 13.7. The molecule has 1 aromatic heterocycles. The number of carboxylic acid groups (broad SMARTS) is 1. The predicted octanol–water partition coefficient (Wildman–Crippen LogP) is 3.86. The highest BCUT2D eigenvalue weighted by Gasteiger charge is 2.20. The first-order valence-electron chi connectivity index (χ1n) is 5.22. The third kappa shape index (κ3) is 2.23. The fraction of sp³-hybridized carbons (Fsp3) is 0.167. The molecule has 1 heterocycles. The zero-order chi connectivity index (χ0) is 13.3. The lowest BCUT2D eigenvalue weighted by Gasteiger charge is -2.00. The van der Waals surface area contributed by atoms with Crippen molar-refractivity contribution in [3.63, 3.8) is 0 Å². The molecule has 0 saturated heterocycles. The van der Waals surface area contributed by atoms with Gasteiger partial charge in [0, 0.05) is 0 Å². The molecule has 0 aliphatic heterocycles. The van der Waals surface area contributed by atoms with E-state index in [4.69, 9.17) is 16.7 Å². The first kappa shape index (κ1) is 13.0. The Labute approximate surface area is 112 Å². The maximum Gasteiger partial charge on any atom is 0.347 e. The quantitative estimate of drug-likeness (QED) is 0.931. The van der Waals surface area contributed by atoms with E-state index in [-0.39, 0.29) is 15.5 Å². The van der Waals surface area contributed by atoms with E-state index in [9.17, 15) is 9.18 Å². The fourth-order valence-electron chi connectivity index (χ4n) is 1.57. The van der Waals surface area contributed by atoms with Crippen LogP contribution in [0.4, 0.5) is 4.39 Å². The lowest BCUT2D eigenvalue weighted by Crippen LogP contribution is -1.97. The summed E-state index contributed by atoms with van der Waals surface area (Å²) in [6.07, 6.45) is 0.476. The molecule has 3 nitrogen and oxygen atoms in total. The topological polar surface area (TPSA) is 50.2 Å². The number of nitrogens with zero attached hydrogens (tertiary/aromatic N) is 1. The van der Waals surface area contributed by atoms with Gasteiger partial charge in [-0.05, 0) is 18.6 Å². The second-order valence-corrected chi connectivity index (χ2v) is 4.96. The van der Waals surface area contributed by atoms with Crippen LogP contribution in [0, 0.1) is 5.82 Å². The highest BCUT2D eigenvalue weighted by Crippen LogP contribution is 2.35. The van der Waals surface area contributed by atoms with Crippen molar-refractivity contribution < 1.29 is 14.3 Å². The zero-order valence-corrected chi connectivity index (χ0v) is 11.0. The number of aryl methyl sites for hydroxylation is 1. The van der Waals surface area contributed by atoms with Crippen molar-refractivity contribution >= 4 is 28.9 Å². The van der Waals surface area contributed by atoms with Crippen LogP contribution < -0.4 is 0 Å². The third-order valence-electron chi connectivity index (χ3n) is 2.40. The van der Waals surface area contributed by atoms with Crippen LogP contribution in [0.2, 0.25) is 5.02 Å². The van der Waals surface area contributed by atoms with Gasteiger partial charge < -0.3 is 5.11 Å². The number of thiazole rings is 1. The normalized spacial score (nSPS) is 10.6. The van der Waals surface area contributed by atoms with Gasteiger partial charge in [-0.15, -0.1) is 11.3 Å². The molecule has 0 fully saturated rings. The summed E-state index contributed by atoms with van der Waals surface area (Å²) in [6.45, 7) is 1.80. The molecule has 6 heteroatoms. The van der Waals surface area contributed by atoms with Crippen LogP contribution in [-0.4, -0.2) is 16.1 Å². The standard InChI is InChI=1S/C12H9ClFNO2S/c1-2-8-10(12(16)17)18-11(15-8)9-6(13)4-3-5-7(9)14/h3-5H,2H2,1H3,(H,16,17). The van der Waals surface area contributed by atoms with Crippen LogP contribution in [0.1, 0.15) is 22.3 Å². The minimum absolute atomic E-state index is 0.131. The Morgan fingerprint density at radius 1 is 1.56 bits per heavy atom. The third-order valence-corrected chi connectivity index (χ3v) is 3.82. The van der Waals surface area contributed by atoms with Gasteiger partial charge in [-0.25, -0.2) is 14.2 Å². The van der Waals surface area contributed by atoms with Crippen molar-refractivity contribution in [2.75, 3.05) is 0 Å². The minimum Gasteiger partial charge on any atom is -0.477 e. The minimum atomic E-state index is -1.05. The summed E-state index contributed by atoms with van der Waals surface area (Å²) in [4.78, 5) is 15.3. The highest BCUT2D eigenvalue weighted by molar-refractivity contribution is 7.17. The van der Waals surface area contributed by atoms with Gasteiger partial charge in [-0.1, -0.05) is 24.6 Å². The van der Waals surface area contributed by atoms with Crippen LogP contribution in [0.5, 0.6) is 0 Å². The number of hydrogen-bond acceptors (Lipinski definition) is 3. The molecule has 1 N–H and O–H groups in total. The molecule has 0 unspecified atom stereocenters. The van der Waals surface area contributed by atoms with Crippen LogP contribution in [0.15, 0.2) is 18.2 Å². The summed E-state index contributed by atoms with van der Waals surface area (Å²) < 4.78 is 13.7. The van der Waals surface area contributed by atoms with Gasteiger partial charge in [0.15, 0.2) is 0 Å². The van der Waals surface area contributed by atoms with E-state index in [0.29, 0.717) is 17.1 Å². The van der Waals surface area contributed by atoms with Crippen molar-refractivity contribution in [3.8, 4) is 10.6 Å². The van der Waals surface area contributed by atoms with Crippen LogP contribution >= 0.6 is 22.9 Å². The van der Waals surface area contributed by atoms with E-state index in [1.807, 2.05) is 0 Å². The van der Waals surface area contributed by atoms with Crippen molar-refractivity contribution in [1.29, 1.82) is 0 Å². The van der Waals surface area contributed by atoms with E-state index in [2.05, 4.69) is 4.98 Å². The summed E-state index contributed by atoms with van der Waals surface area (Å²) in [5.41, 5.74) is 0.605. The number of aromatic carboxylic acids is 1. The number of aromatic nitrogens is 1. The van der Waals surface area contributed by atoms with Crippen molar-refractivity contribution in [1.82, 2.24) is 4.98 Å². The summed E-state index contributed by atoms with van der Waals surface area (Å²) >= 11 is 6.87. The lowest BCUT2D eigenvalue weighted by atomic mass is 10.2. The Bertz CT molecular complexity index is 592. The van der Waals surface area contributed by atoms with E-state index in [1.165, 1.54) is 12.1 Å². The Morgan fingerprint density at radius 2 is 2.28 bits per heavy atom. The zero-order valence-electron chi connectivity index (χ0n) is 9.41. The summed E-state index contributed by atoms with van der Waals surface area (Å²) in [7, 11) is 0. The lowest BCUT2D eigenvalue weighted by molar-refractivity contribution is 0.0701. The smallest absolute Gasteiger partial charge is 0.347 e. The van der Waals surface area contributed by atoms with Crippen molar-refractivity contribution in [3.05, 3.63) is 39.6 Å². The molecule has 0 atom stereocenters. The number of carbonyl (C=O) groups is 1. The van der Waals surface area contributed by atoms with E-state index in [0.717, 1.165) is 11.3 Å². The number of hydrogen-bond donors (Lipinski definition) is 1. The molecule has 0 bridgehead atoms. The van der Waals surface area contributed by atoms with Gasteiger partial charge in [-0.2, -0.15) is 0 Å². The molecule has 0 aliphatic carbocycles. The van der Waals surface area contributed by atoms with Gasteiger partial charge >= 0.3 is 5.97 Å². The van der Waals surface area contributed by atoms with E-state index in [1.54, 1.807) is 13.0 Å². The highest BCUT2D eigenvalue weighted by atomic mass is 35.5. The van der Waals surface area contributed by atoms with Gasteiger partial charge in [-0.3, -0.25) is 0 Å². The molecule has 94 valence electrons. The van der Waals surface area contributed by atoms with Crippen LogP contribution in [0.25, 0.3) is 10.6 Å². The molecular formula is C12H9ClFNO2S. The molecule has 0 amide bonds. The molecular weight excluding hydrogens is 277 g/mol. The Morgan fingerprint density at radius 3 is 2.78 bits per heavy atom. The molecule has 0 radical (unpaired) electrons. The Hall–Kier alpha value is -1.46. The number of halogens is 2. The maximum absolute atomic E-state index is 13.7. The Balaban J connectivity index is 2.62. The molecule has 1 aromatic carbocycles. The number of carboxylic acids is 1. The van der Waals surface area contributed by atoms with E-state index >= 15 is 0 Å². The fourth-order valence-corrected chi connectivity index (χ4v) is 2.93. The molecule has 0 spiro atoms. The van der Waals surface area contributed by atoms with Crippen LogP contribution in [0.3, 0.4) is 0 Å². The number of rotatable bonds is 3. The number of benzene rings is 1. The monoisotopic (exact) mass is 285 g/mol. The van der Waals surface area contributed by atoms with Gasteiger partial charge in [0.25, 0.3) is 0 Å². The van der Waals surface area contributed by atoms with E-state index < -0.39 is 11.8 Å². The largest absolute Gasteiger partial charge is 0.477 e. The average Bonchev–Trinajstić information content (AvgIpc) is 2.73. The molecule has 2 rings (SSSR count).